The second-order valence-corrected chi connectivity index (χ2v) is 4.30. The second kappa shape index (κ2) is 3.29. The molecule has 3 heteroatoms. The molecule has 0 aromatic rings. The van der Waals surface area contributed by atoms with Gasteiger partial charge in [0.15, 0.2) is 0 Å². The molecule has 1 saturated heterocycles. The van der Waals surface area contributed by atoms with Gasteiger partial charge in [-0.15, -0.1) is 0 Å². The van der Waals surface area contributed by atoms with Crippen LogP contribution in [0, 0.1) is 5.41 Å². The van der Waals surface area contributed by atoms with Crippen molar-refractivity contribution in [2.45, 2.75) is 38.6 Å². The van der Waals surface area contributed by atoms with Gasteiger partial charge >= 0.3 is 0 Å². The topological polar surface area (TPSA) is 41.1 Å². The van der Waals surface area contributed by atoms with Gasteiger partial charge in [-0.05, 0) is 32.2 Å². The Hall–Kier alpha value is -0.570. The average Bonchev–Trinajstić information content (AvgIpc) is 2.79. The SMILES string of the molecule is CCC1(C(=O)NC2CCNC2)CC1. The van der Waals surface area contributed by atoms with E-state index in [0.29, 0.717) is 11.9 Å². The van der Waals surface area contributed by atoms with Crippen LogP contribution in [-0.4, -0.2) is 25.0 Å². The highest BCUT2D eigenvalue weighted by Crippen LogP contribution is 2.48. The lowest BCUT2D eigenvalue weighted by atomic mass is 10.0. The molecule has 13 heavy (non-hydrogen) atoms. The molecule has 2 N–H and O–H groups in total. The molecule has 1 aliphatic carbocycles. The van der Waals surface area contributed by atoms with Crippen molar-refractivity contribution in [1.82, 2.24) is 10.6 Å². The smallest absolute Gasteiger partial charge is 0.226 e. The predicted molar refractivity (Wildman–Crippen MR) is 51.4 cm³/mol. The maximum absolute atomic E-state index is 11.8. The van der Waals surface area contributed by atoms with Gasteiger partial charge in [-0.2, -0.15) is 0 Å². The summed E-state index contributed by atoms with van der Waals surface area (Å²) in [4.78, 5) is 11.8. The average molecular weight is 182 g/mol. The summed E-state index contributed by atoms with van der Waals surface area (Å²) in [5.74, 6) is 0.295. The fourth-order valence-electron chi connectivity index (χ4n) is 2.01. The van der Waals surface area contributed by atoms with E-state index in [4.69, 9.17) is 0 Å². The van der Waals surface area contributed by atoms with Crippen LogP contribution in [0.1, 0.15) is 32.6 Å². The first-order chi connectivity index (χ1) is 6.27. The third-order valence-corrected chi connectivity index (χ3v) is 3.41. The van der Waals surface area contributed by atoms with Gasteiger partial charge in [0.05, 0.1) is 0 Å². The minimum Gasteiger partial charge on any atom is -0.352 e. The molecule has 1 atom stereocenters. The molecular weight excluding hydrogens is 164 g/mol. The predicted octanol–water partition coefficient (Wildman–Crippen LogP) is 0.655. The second-order valence-electron chi connectivity index (χ2n) is 4.30. The molecule has 0 aromatic carbocycles. The van der Waals surface area contributed by atoms with Crippen LogP contribution in [0.3, 0.4) is 0 Å². The molecule has 1 aliphatic heterocycles. The van der Waals surface area contributed by atoms with Crippen molar-refractivity contribution in [2.24, 2.45) is 5.41 Å². The summed E-state index contributed by atoms with van der Waals surface area (Å²) in [5, 5.41) is 6.38. The number of amides is 1. The van der Waals surface area contributed by atoms with Crippen LogP contribution >= 0.6 is 0 Å². The summed E-state index contributed by atoms with van der Waals surface area (Å²) in [5.41, 5.74) is 0.0303. The van der Waals surface area contributed by atoms with Crippen LogP contribution in [0.4, 0.5) is 0 Å². The summed E-state index contributed by atoms with van der Waals surface area (Å²) in [7, 11) is 0. The van der Waals surface area contributed by atoms with Gasteiger partial charge < -0.3 is 10.6 Å². The Balaban J connectivity index is 1.84. The summed E-state index contributed by atoms with van der Waals surface area (Å²) in [6.07, 6.45) is 4.27. The molecular formula is C10H18N2O. The molecule has 0 radical (unpaired) electrons. The van der Waals surface area contributed by atoms with Crippen molar-refractivity contribution in [3.63, 3.8) is 0 Å². The molecule has 0 aromatic heterocycles. The fraction of sp³-hybridized carbons (Fsp3) is 0.900. The normalized spacial score (nSPS) is 30.1. The van der Waals surface area contributed by atoms with E-state index in [1.807, 2.05) is 0 Å². The number of hydrogen-bond acceptors (Lipinski definition) is 2. The lowest BCUT2D eigenvalue weighted by molar-refractivity contribution is -0.127. The number of hydrogen-bond donors (Lipinski definition) is 2. The van der Waals surface area contributed by atoms with Crippen LogP contribution in [0.5, 0.6) is 0 Å². The zero-order chi connectivity index (χ0) is 9.31. The lowest BCUT2D eigenvalue weighted by Gasteiger charge is -2.16. The Kier molecular flexibility index (Phi) is 2.28. The van der Waals surface area contributed by atoms with E-state index in [0.717, 1.165) is 38.8 Å². The molecule has 1 amide bonds. The summed E-state index contributed by atoms with van der Waals surface area (Å²) in [6, 6.07) is 0.386. The first kappa shape index (κ1) is 9.00. The van der Waals surface area contributed by atoms with E-state index in [9.17, 15) is 4.79 Å². The van der Waals surface area contributed by atoms with Gasteiger partial charge in [0.1, 0.15) is 0 Å². The van der Waals surface area contributed by atoms with Crippen molar-refractivity contribution >= 4 is 5.91 Å². The Bertz CT molecular complexity index is 205. The standard InChI is InChI=1S/C10H18N2O/c1-2-10(4-5-10)9(13)12-8-3-6-11-7-8/h8,11H,2-7H2,1H3,(H,12,13). The van der Waals surface area contributed by atoms with Crippen LogP contribution in [0.25, 0.3) is 0 Å². The summed E-state index contributed by atoms with van der Waals surface area (Å²) >= 11 is 0. The monoisotopic (exact) mass is 182 g/mol. The quantitative estimate of drug-likeness (QED) is 0.673. The summed E-state index contributed by atoms with van der Waals surface area (Å²) < 4.78 is 0. The third-order valence-electron chi connectivity index (χ3n) is 3.41. The lowest BCUT2D eigenvalue weighted by Crippen LogP contribution is -2.40. The summed E-state index contributed by atoms with van der Waals surface area (Å²) in [6.45, 7) is 4.11. The third kappa shape index (κ3) is 1.70. The molecule has 2 fully saturated rings. The van der Waals surface area contributed by atoms with Crippen LogP contribution in [-0.2, 0) is 4.79 Å². The first-order valence-electron chi connectivity index (χ1n) is 5.28. The van der Waals surface area contributed by atoms with E-state index >= 15 is 0 Å². The zero-order valence-corrected chi connectivity index (χ0v) is 8.23. The Labute approximate surface area is 79.3 Å². The zero-order valence-electron chi connectivity index (χ0n) is 8.23. The first-order valence-corrected chi connectivity index (χ1v) is 5.28. The van der Waals surface area contributed by atoms with E-state index in [1.165, 1.54) is 0 Å². The Morgan fingerprint density at radius 1 is 1.62 bits per heavy atom. The highest BCUT2D eigenvalue weighted by molar-refractivity contribution is 5.85. The highest BCUT2D eigenvalue weighted by Gasteiger charge is 2.48. The van der Waals surface area contributed by atoms with Crippen LogP contribution in [0.15, 0.2) is 0 Å². The Morgan fingerprint density at radius 2 is 2.38 bits per heavy atom. The molecule has 1 heterocycles. The van der Waals surface area contributed by atoms with E-state index < -0.39 is 0 Å². The highest BCUT2D eigenvalue weighted by atomic mass is 16.2. The van der Waals surface area contributed by atoms with Crippen molar-refractivity contribution in [1.29, 1.82) is 0 Å². The van der Waals surface area contributed by atoms with E-state index in [1.54, 1.807) is 0 Å². The molecule has 1 unspecified atom stereocenters. The van der Waals surface area contributed by atoms with Crippen LogP contribution < -0.4 is 10.6 Å². The maximum atomic E-state index is 11.8. The minimum absolute atomic E-state index is 0.0303. The van der Waals surface area contributed by atoms with Gasteiger partial charge in [0.25, 0.3) is 0 Å². The van der Waals surface area contributed by atoms with E-state index in [-0.39, 0.29) is 5.41 Å². The molecule has 2 rings (SSSR count). The van der Waals surface area contributed by atoms with Gasteiger partial charge in [0.2, 0.25) is 5.91 Å². The minimum atomic E-state index is 0.0303. The van der Waals surface area contributed by atoms with Crippen molar-refractivity contribution in [2.75, 3.05) is 13.1 Å². The number of rotatable bonds is 3. The number of nitrogens with one attached hydrogen (secondary N) is 2. The van der Waals surface area contributed by atoms with Crippen molar-refractivity contribution in [3.8, 4) is 0 Å². The molecule has 3 nitrogen and oxygen atoms in total. The maximum Gasteiger partial charge on any atom is 0.226 e. The van der Waals surface area contributed by atoms with Crippen LogP contribution in [0.2, 0.25) is 0 Å². The Morgan fingerprint density at radius 3 is 2.85 bits per heavy atom. The van der Waals surface area contributed by atoms with Crippen molar-refractivity contribution < 1.29 is 4.79 Å². The molecule has 1 saturated carbocycles. The molecule has 0 bridgehead atoms. The largest absolute Gasteiger partial charge is 0.352 e. The number of carbonyl (C=O) groups excluding carboxylic acids is 1. The fourth-order valence-corrected chi connectivity index (χ4v) is 2.01. The van der Waals surface area contributed by atoms with Crippen molar-refractivity contribution in [3.05, 3.63) is 0 Å². The van der Waals surface area contributed by atoms with Gasteiger partial charge in [-0.3, -0.25) is 4.79 Å². The van der Waals surface area contributed by atoms with E-state index in [2.05, 4.69) is 17.6 Å². The number of carbonyl (C=O) groups is 1. The van der Waals surface area contributed by atoms with Gasteiger partial charge in [-0.25, -0.2) is 0 Å². The van der Waals surface area contributed by atoms with Gasteiger partial charge in [0, 0.05) is 18.0 Å². The molecule has 2 aliphatic rings. The van der Waals surface area contributed by atoms with Gasteiger partial charge in [-0.1, -0.05) is 6.92 Å². The molecule has 74 valence electrons. The molecule has 0 spiro atoms.